The second-order valence-corrected chi connectivity index (χ2v) is 12.3. The number of nitrogens with zero attached hydrogens (tertiary/aromatic N) is 7. The van der Waals surface area contributed by atoms with Crippen molar-refractivity contribution < 1.29 is 0 Å². The van der Waals surface area contributed by atoms with Gasteiger partial charge in [-0.3, -0.25) is 0 Å². The first-order valence-corrected chi connectivity index (χ1v) is 14.3. The summed E-state index contributed by atoms with van der Waals surface area (Å²) in [5.41, 5.74) is 3.89. The first-order valence-electron chi connectivity index (χ1n) is 12.5. The van der Waals surface area contributed by atoms with Gasteiger partial charge in [-0.25, -0.2) is 0 Å². The summed E-state index contributed by atoms with van der Waals surface area (Å²) in [5.74, 6) is 1.74. The van der Waals surface area contributed by atoms with Crippen molar-refractivity contribution in [3.63, 3.8) is 0 Å². The Balaban J connectivity index is 1.48. The van der Waals surface area contributed by atoms with Crippen LogP contribution in [0, 0.1) is 11.3 Å². The molecule has 0 spiro atoms. The molecule has 7 nitrogen and oxygen atoms in total. The Kier molecular flexibility index (Phi) is 10.6. The first-order chi connectivity index (χ1) is 17.3. The summed E-state index contributed by atoms with van der Waals surface area (Å²) in [5, 5.41) is 26.2. The van der Waals surface area contributed by atoms with E-state index in [-0.39, 0.29) is 0 Å². The van der Waals surface area contributed by atoms with Crippen molar-refractivity contribution in [3.8, 4) is 0 Å². The number of benzene rings is 2. The van der Waals surface area contributed by atoms with E-state index in [0.29, 0.717) is 16.5 Å². The van der Waals surface area contributed by atoms with Crippen LogP contribution >= 0.6 is 23.1 Å². The van der Waals surface area contributed by atoms with Crippen LogP contribution in [0.3, 0.4) is 0 Å². The molecule has 9 heteroatoms. The van der Waals surface area contributed by atoms with Gasteiger partial charge in [0.25, 0.3) is 5.13 Å². The van der Waals surface area contributed by atoms with Gasteiger partial charge < -0.3 is 4.90 Å². The van der Waals surface area contributed by atoms with E-state index >= 15 is 0 Å². The van der Waals surface area contributed by atoms with Crippen LogP contribution < -0.4 is 4.90 Å². The fraction of sp³-hybridized carbons (Fsp3) is 0.481. The quantitative estimate of drug-likeness (QED) is 0.175. The zero-order valence-electron chi connectivity index (χ0n) is 22.2. The minimum atomic E-state index is 0.374. The van der Waals surface area contributed by atoms with Crippen LogP contribution in [0.5, 0.6) is 0 Å². The maximum Gasteiger partial charge on any atom is 0.252 e. The molecule has 0 aliphatic heterocycles. The average molecular weight is 524 g/mol. The molecule has 0 saturated carbocycles. The molecule has 3 aromatic rings. The van der Waals surface area contributed by atoms with Gasteiger partial charge in [0.05, 0.1) is 17.1 Å². The number of thioether (sulfide) groups is 1. The predicted octanol–water partition coefficient (Wildman–Crippen LogP) is 9.77. The Hall–Kier alpha value is -2.65. The SMILES string of the molecule is CCN(CC)c1ccc(/N=N/c2ccc(/N=N/c3nnc(SCCC(C)CC(C)(C)C)s3)cc2)cc1. The van der Waals surface area contributed by atoms with E-state index in [0.717, 1.165) is 40.2 Å². The Morgan fingerprint density at radius 2 is 1.36 bits per heavy atom. The van der Waals surface area contributed by atoms with E-state index in [2.05, 4.69) is 89.2 Å². The lowest BCUT2D eigenvalue weighted by Gasteiger charge is -2.22. The molecule has 0 radical (unpaired) electrons. The number of aromatic nitrogens is 2. The highest BCUT2D eigenvalue weighted by molar-refractivity contribution is 8.01. The van der Waals surface area contributed by atoms with Crippen LogP contribution in [0.25, 0.3) is 0 Å². The molecule has 1 aromatic heterocycles. The lowest BCUT2D eigenvalue weighted by molar-refractivity contribution is 0.303. The highest BCUT2D eigenvalue weighted by Crippen LogP contribution is 2.32. The van der Waals surface area contributed by atoms with Gasteiger partial charge in [-0.15, -0.1) is 20.4 Å². The van der Waals surface area contributed by atoms with Crippen molar-refractivity contribution in [2.24, 2.45) is 31.8 Å². The maximum atomic E-state index is 4.34. The summed E-state index contributed by atoms with van der Waals surface area (Å²) < 4.78 is 0.938. The summed E-state index contributed by atoms with van der Waals surface area (Å²) >= 11 is 3.22. The molecule has 0 fully saturated rings. The molecular weight excluding hydrogens is 486 g/mol. The third-order valence-corrected chi connectivity index (χ3v) is 7.53. The van der Waals surface area contributed by atoms with Crippen LogP contribution in [-0.2, 0) is 0 Å². The zero-order valence-corrected chi connectivity index (χ0v) is 23.8. The molecule has 0 aliphatic rings. The normalized spacial score (nSPS) is 13.1. The van der Waals surface area contributed by atoms with Gasteiger partial charge in [-0.05, 0) is 86.6 Å². The van der Waals surface area contributed by atoms with Gasteiger partial charge in [0.15, 0.2) is 4.34 Å². The Bertz CT molecular complexity index is 1110. The van der Waals surface area contributed by atoms with Gasteiger partial charge in [0.1, 0.15) is 0 Å². The van der Waals surface area contributed by atoms with Crippen molar-refractivity contribution >= 4 is 51.0 Å². The third-order valence-electron chi connectivity index (χ3n) is 5.55. The summed E-state index contributed by atoms with van der Waals surface area (Å²) in [6.07, 6.45) is 2.40. The minimum absolute atomic E-state index is 0.374. The lowest BCUT2D eigenvalue weighted by atomic mass is 9.84. The summed E-state index contributed by atoms with van der Waals surface area (Å²) in [6, 6.07) is 15.6. The zero-order chi connectivity index (χ0) is 26.0. The number of hydrogen-bond acceptors (Lipinski definition) is 9. The number of anilines is 1. The monoisotopic (exact) mass is 523 g/mol. The fourth-order valence-electron chi connectivity index (χ4n) is 3.92. The maximum absolute atomic E-state index is 4.34. The van der Waals surface area contributed by atoms with Crippen LogP contribution in [0.4, 0.5) is 27.9 Å². The van der Waals surface area contributed by atoms with E-state index in [1.807, 2.05) is 36.4 Å². The predicted molar refractivity (Wildman–Crippen MR) is 153 cm³/mol. The van der Waals surface area contributed by atoms with Crippen LogP contribution in [0.15, 0.2) is 73.3 Å². The molecule has 1 heterocycles. The molecule has 0 bridgehead atoms. The smallest absolute Gasteiger partial charge is 0.252 e. The second kappa shape index (κ2) is 13.6. The highest BCUT2D eigenvalue weighted by atomic mass is 32.2. The topological polar surface area (TPSA) is 78.5 Å². The van der Waals surface area contributed by atoms with Gasteiger partial charge >= 0.3 is 0 Å². The number of hydrogen-bond donors (Lipinski definition) is 0. The van der Waals surface area contributed by atoms with Crippen LogP contribution in [0.2, 0.25) is 0 Å². The van der Waals surface area contributed by atoms with Crippen molar-refractivity contribution in [3.05, 3.63) is 48.5 Å². The standard InChI is InChI=1S/C27H37N7S2/c1-7-34(8-2)24-15-13-23(14-16-24)29-28-21-9-11-22(12-10-21)30-31-25-32-33-26(36-25)35-18-17-20(3)19-27(4,5)6/h9-16,20H,7-8,17-19H2,1-6H3/b29-28+,31-30+. The van der Waals surface area contributed by atoms with E-state index < -0.39 is 0 Å². The average Bonchev–Trinajstić information content (AvgIpc) is 3.30. The Morgan fingerprint density at radius 3 is 1.89 bits per heavy atom. The highest BCUT2D eigenvalue weighted by Gasteiger charge is 2.15. The molecule has 36 heavy (non-hydrogen) atoms. The Labute approximate surface area is 223 Å². The van der Waals surface area contributed by atoms with Gasteiger partial charge in [0.2, 0.25) is 0 Å². The molecule has 0 saturated heterocycles. The minimum Gasteiger partial charge on any atom is -0.372 e. The van der Waals surface area contributed by atoms with E-state index in [1.165, 1.54) is 29.9 Å². The van der Waals surface area contributed by atoms with E-state index in [1.54, 1.807) is 11.8 Å². The molecule has 1 unspecified atom stereocenters. The van der Waals surface area contributed by atoms with Crippen LogP contribution in [0.1, 0.15) is 54.4 Å². The van der Waals surface area contributed by atoms with Gasteiger partial charge in [-0.2, -0.15) is 10.2 Å². The molecule has 0 N–H and O–H groups in total. The summed E-state index contributed by atoms with van der Waals surface area (Å²) in [6.45, 7) is 15.5. The van der Waals surface area contributed by atoms with Crippen LogP contribution in [-0.4, -0.2) is 29.0 Å². The van der Waals surface area contributed by atoms with Crippen molar-refractivity contribution in [2.75, 3.05) is 23.7 Å². The molecule has 192 valence electrons. The molecule has 3 rings (SSSR count). The lowest BCUT2D eigenvalue weighted by Crippen LogP contribution is -2.21. The molecular formula is C27H37N7S2. The van der Waals surface area contributed by atoms with Crippen molar-refractivity contribution in [1.82, 2.24) is 10.2 Å². The number of azo groups is 2. The molecule has 0 amide bonds. The van der Waals surface area contributed by atoms with Crippen molar-refractivity contribution in [1.29, 1.82) is 0 Å². The van der Waals surface area contributed by atoms with E-state index in [9.17, 15) is 0 Å². The Morgan fingerprint density at radius 1 is 0.833 bits per heavy atom. The molecule has 1 atom stereocenters. The first kappa shape index (κ1) is 27.9. The molecule has 2 aromatic carbocycles. The summed E-state index contributed by atoms with van der Waals surface area (Å²) in [4.78, 5) is 2.30. The summed E-state index contributed by atoms with van der Waals surface area (Å²) in [7, 11) is 0. The molecule has 0 aliphatic carbocycles. The largest absolute Gasteiger partial charge is 0.372 e. The van der Waals surface area contributed by atoms with Crippen molar-refractivity contribution in [2.45, 2.75) is 58.7 Å². The number of rotatable bonds is 12. The second-order valence-electron chi connectivity index (χ2n) is 9.96. The fourth-order valence-corrected chi connectivity index (χ4v) is 5.82. The van der Waals surface area contributed by atoms with Gasteiger partial charge in [0, 0.05) is 24.5 Å². The van der Waals surface area contributed by atoms with Gasteiger partial charge in [-0.1, -0.05) is 50.8 Å². The third kappa shape index (κ3) is 9.43. The van der Waals surface area contributed by atoms with E-state index in [4.69, 9.17) is 0 Å².